The number of rotatable bonds is 5. The second-order valence-corrected chi connectivity index (χ2v) is 3.46. The van der Waals surface area contributed by atoms with Crippen molar-refractivity contribution < 1.29 is 14.7 Å². The first-order valence-electron chi connectivity index (χ1n) is 5.04. The molecule has 0 radical (unpaired) electrons. The largest absolute Gasteiger partial charge is 0.481 e. The van der Waals surface area contributed by atoms with E-state index < -0.39 is 5.97 Å². The van der Waals surface area contributed by atoms with Gasteiger partial charge >= 0.3 is 5.97 Å². The average molecular weight is 225 g/mol. The summed E-state index contributed by atoms with van der Waals surface area (Å²) in [6.45, 7) is 2.83. The van der Waals surface area contributed by atoms with E-state index in [9.17, 15) is 9.59 Å². The quantitative estimate of drug-likeness (QED) is 0.789. The summed E-state index contributed by atoms with van der Waals surface area (Å²) in [6, 6.07) is 0. The molecule has 0 aliphatic rings. The molecule has 1 aromatic rings. The molecule has 0 aromatic carbocycles. The lowest BCUT2D eigenvalue weighted by Crippen LogP contribution is -2.28. The Hall–Kier alpha value is -1.85. The number of aryl methyl sites for hydroxylation is 1. The minimum Gasteiger partial charge on any atom is -0.481 e. The number of amides is 1. The van der Waals surface area contributed by atoms with Gasteiger partial charge in [0.2, 0.25) is 0 Å². The summed E-state index contributed by atoms with van der Waals surface area (Å²) < 4.78 is 1.65. The van der Waals surface area contributed by atoms with E-state index in [1.807, 2.05) is 6.92 Å². The summed E-state index contributed by atoms with van der Waals surface area (Å²) in [5.74, 6) is -1.12. The normalized spacial score (nSPS) is 10.1. The third kappa shape index (κ3) is 3.08. The van der Waals surface area contributed by atoms with Crippen LogP contribution in [0, 0.1) is 0 Å². The van der Waals surface area contributed by atoms with Crippen LogP contribution in [-0.2, 0) is 11.3 Å². The van der Waals surface area contributed by atoms with Crippen molar-refractivity contribution >= 4 is 11.9 Å². The first kappa shape index (κ1) is 12.2. The van der Waals surface area contributed by atoms with Gasteiger partial charge in [0.1, 0.15) is 0 Å². The van der Waals surface area contributed by atoms with Crippen molar-refractivity contribution in [2.75, 3.05) is 13.6 Å². The number of aliphatic carboxylic acids is 1. The first-order valence-corrected chi connectivity index (χ1v) is 5.04. The number of hydrogen-bond acceptors (Lipinski definition) is 3. The van der Waals surface area contributed by atoms with Crippen LogP contribution in [0.3, 0.4) is 0 Å². The summed E-state index contributed by atoms with van der Waals surface area (Å²) in [5, 5.41) is 12.5. The molecule has 6 heteroatoms. The number of nitrogens with zero attached hydrogens (tertiary/aromatic N) is 3. The Balaban J connectivity index is 2.59. The van der Waals surface area contributed by atoms with Gasteiger partial charge in [-0.25, -0.2) is 0 Å². The smallest absolute Gasteiger partial charge is 0.305 e. The Bertz CT molecular complexity index is 386. The van der Waals surface area contributed by atoms with Gasteiger partial charge in [-0.1, -0.05) is 0 Å². The van der Waals surface area contributed by atoms with Gasteiger partial charge in [0.05, 0.1) is 18.2 Å². The van der Waals surface area contributed by atoms with Gasteiger partial charge in [-0.2, -0.15) is 5.10 Å². The molecule has 0 unspecified atom stereocenters. The van der Waals surface area contributed by atoms with E-state index in [0.29, 0.717) is 12.1 Å². The molecular formula is C10H15N3O3. The molecule has 0 aliphatic heterocycles. The predicted molar refractivity (Wildman–Crippen MR) is 57.1 cm³/mol. The molecule has 1 N–H and O–H groups in total. The van der Waals surface area contributed by atoms with E-state index in [1.165, 1.54) is 11.1 Å². The topological polar surface area (TPSA) is 75.4 Å². The zero-order valence-electron chi connectivity index (χ0n) is 9.38. The number of carbonyl (C=O) groups is 2. The van der Waals surface area contributed by atoms with Crippen LogP contribution in [-0.4, -0.2) is 45.3 Å². The number of carboxylic acids is 1. The van der Waals surface area contributed by atoms with Crippen LogP contribution in [0.1, 0.15) is 23.7 Å². The minimum absolute atomic E-state index is 0.0514. The second-order valence-electron chi connectivity index (χ2n) is 3.46. The first-order chi connectivity index (χ1) is 7.54. The number of hydrogen-bond donors (Lipinski definition) is 1. The van der Waals surface area contributed by atoms with Gasteiger partial charge in [-0.05, 0) is 6.92 Å². The van der Waals surface area contributed by atoms with E-state index in [1.54, 1.807) is 17.9 Å². The van der Waals surface area contributed by atoms with Crippen molar-refractivity contribution in [1.29, 1.82) is 0 Å². The predicted octanol–water partition coefficient (Wildman–Crippen LogP) is 0.450. The third-order valence-electron chi connectivity index (χ3n) is 2.21. The molecule has 1 heterocycles. The molecular weight excluding hydrogens is 210 g/mol. The number of carboxylic acid groups (broad SMARTS) is 1. The number of carbonyl (C=O) groups excluding carboxylic acids is 1. The maximum absolute atomic E-state index is 11.8. The lowest BCUT2D eigenvalue weighted by atomic mass is 10.3. The summed E-state index contributed by atoms with van der Waals surface area (Å²) in [6.07, 6.45) is 3.09. The van der Waals surface area contributed by atoms with Crippen LogP contribution in [0.5, 0.6) is 0 Å². The zero-order valence-corrected chi connectivity index (χ0v) is 9.38. The van der Waals surface area contributed by atoms with Crippen LogP contribution >= 0.6 is 0 Å². The van der Waals surface area contributed by atoms with Gasteiger partial charge in [0, 0.05) is 26.3 Å². The summed E-state index contributed by atoms with van der Waals surface area (Å²) in [4.78, 5) is 23.5. The molecule has 6 nitrogen and oxygen atoms in total. The molecule has 0 atom stereocenters. The van der Waals surface area contributed by atoms with E-state index in [4.69, 9.17) is 5.11 Å². The fourth-order valence-electron chi connectivity index (χ4n) is 1.23. The molecule has 1 amide bonds. The van der Waals surface area contributed by atoms with Crippen LogP contribution in [0.25, 0.3) is 0 Å². The minimum atomic E-state index is -0.913. The van der Waals surface area contributed by atoms with Crippen LogP contribution < -0.4 is 0 Å². The van der Waals surface area contributed by atoms with Gasteiger partial charge in [0.15, 0.2) is 0 Å². The molecule has 0 bridgehead atoms. The number of aromatic nitrogens is 2. The molecule has 0 spiro atoms. The van der Waals surface area contributed by atoms with Crippen molar-refractivity contribution in [3.63, 3.8) is 0 Å². The molecule has 0 fully saturated rings. The fraction of sp³-hybridized carbons (Fsp3) is 0.500. The third-order valence-corrected chi connectivity index (χ3v) is 2.21. The summed E-state index contributed by atoms with van der Waals surface area (Å²) >= 11 is 0. The fourth-order valence-corrected chi connectivity index (χ4v) is 1.23. The lowest BCUT2D eigenvalue weighted by molar-refractivity contribution is -0.137. The highest BCUT2D eigenvalue weighted by atomic mass is 16.4. The van der Waals surface area contributed by atoms with Gasteiger partial charge in [0.25, 0.3) is 5.91 Å². The Morgan fingerprint density at radius 2 is 2.25 bits per heavy atom. The van der Waals surface area contributed by atoms with Crippen LogP contribution in [0.2, 0.25) is 0 Å². The monoisotopic (exact) mass is 225 g/mol. The van der Waals surface area contributed by atoms with Gasteiger partial charge in [-0.15, -0.1) is 0 Å². The van der Waals surface area contributed by atoms with Crippen LogP contribution in [0.4, 0.5) is 0 Å². The van der Waals surface area contributed by atoms with Crippen molar-refractivity contribution in [2.45, 2.75) is 19.9 Å². The zero-order chi connectivity index (χ0) is 12.1. The molecule has 1 aromatic heterocycles. The lowest BCUT2D eigenvalue weighted by Gasteiger charge is -2.14. The van der Waals surface area contributed by atoms with E-state index in [-0.39, 0.29) is 18.9 Å². The maximum Gasteiger partial charge on any atom is 0.305 e. The van der Waals surface area contributed by atoms with Crippen molar-refractivity contribution in [2.24, 2.45) is 0 Å². The summed E-state index contributed by atoms with van der Waals surface area (Å²) in [5.41, 5.74) is 0.481. The van der Waals surface area contributed by atoms with Crippen LogP contribution in [0.15, 0.2) is 12.4 Å². The average Bonchev–Trinajstić information content (AvgIpc) is 2.73. The van der Waals surface area contributed by atoms with Gasteiger partial charge in [-0.3, -0.25) is 14.3 Å². The molecule has 16 heavy (non-hydrogen) atoms. The highest BCUT2D eigenvalue weighted by Gasteiger charge is 2.14. The highest BCUT2D eigenvalue weighted by Crippen LogP contribution is 2.03. The highest BCUT2D eigenvalue weighted by molar-refractivity contribution is 5.93. The Morgan fingerprint density at radius 3 is 2.75 bits per heavy atom. The summed E-state index contributed by atoms with van der Waals surface area (Å²) in [7, 11) is 1.58. The molecule has 0 aliphatic carbocycles. The Kier molecular flexibility index (Phi) is 4.04. The van der Waals surface area contributed by atoms with E-state index in [2.05, 4.69) is 5.10 Å². The molecule has 88 valence electrons. The Labute approximate surface area is 93.5 Å². The molecule has 0 saturated heterocycles. The van der Waals surface area contributed by atoms with Gasteiger partial charge < -0.3 is 10.0 Å². The standard InChI is InChI=1S/C10H15N3O3/c1-3-13-7-8(6-11-13)10(16)12(2)5-4-9(14)15/h6-7H,3-5H2,1-2H3,(H,14,15). The molecule has 0 saturated carbocycles. The van der Waals surface area contributed by atoms with Crippen molar-refractivity contribution in [3.05, 3.63) is 18.0 Å². The van der Waals surface area contributed by atoms with Crippen molar-refractivity contribution in [3.8, 4) is 0 Å². The SMILES string of the molecule is CCn1cc(C(=O)N(C)CCC(=O)O)cn1. The Morgan fingerprint density at radius 1 is 1.56 bits per heavy atom. The molecule has 1 rings (SSSR count). The van der Waals surface area contributed by atoms with E-state index in [0.717, 1.165) is 0 Å². The van der Waals surface area contributed by atoms with E-state index >= 15 is 0 Å². The second kappa shape index (κ2) is 5.29. The maximum atomic E-state index is 11.8. The van der Waals surface area contributed by atoms with Crippen molar-refractivity contribution in [1.82, 2.24) is 14.7 Å².